The predicted molar refractivity (Wildman–Crippen MR) is 71.3 cm³/mol. The summed E-state index contributed by atoms with van der Waals surface area (Å²) in [5.74, 6) is 0.511. The Bertz CT molecular complexity index is 355. The van der Waals surface area contributed by atoms with Crippen LogP contribution >= 0.6 is 0 Å². The molecule has 0 saturated carbocycles. The van der Waals surface area contributed by atoms with Gasteiger partial charge in [-0.05, 0) is 26.3 Å². The molecule has 1 aromatic carbocycles. The largest absolute Gasteiger partial charge is 0.296 e. The van der Waals surface area contributed by atoms with E-state index in [1.807, 2.05) is 0 Å². The molecule has 3 nitrogen and oxygen atoms in total. The molecule has 3 atom stereocenters. The van der Waals surface area contributed by atoms with Crippen molar-refractivity contribution in [1.82, 2.24) is 16.2 Å². The van der Waals surface area contributed by atoms with E-state index in [0.29, 0.717) is 18.1 Å². The maximum Gasteiger partial charge on any atom is 0.0752 e. The Hall–Kier alpha value is -0.900. The standard InChI is InChI=1S/C14H23N3/c1-10-12(11-8-6-5-7-9-11)16-17-13(10)15-14(2,3)4/h5-10,12-13,15-17H,1-4H3. The maximum atomic E-state index is 3.59. The second-order valence-electron chi connectivity index (χ2n) is 5.91. The normalized spacial score (nSPS) is 29.5. The van der Waals surface area contributed by atoms with E-state index in [9.17, 15) is 0 Å². The first-order valence-electron chi connectivity index (χ1n) is 6.31. The zero-order valence-corrected chi connectivity index (χ0v) is 11.1. The van der Waals surface area contributed by atoms with Crippen LogP contribution in [0.2, 0.25) is 0 Å². The van der Waals surface area contributed by atoms with Crippen molar-refractivity contribution < 1.29 is 0 Å². The first-order chi connectivity index (χ1) is 7.97. The molecule has 0 spiro atoms. The lowest BCUT2D eigenvalue weighted by Crippen LogP contribution is -2.51. The lowest BCUT2D eigenvalue weighted by molar-refractivity contribution is 0.292. The first-order valence-corrected chi connectivity index (χ1v) is 6.31. The maximum absolute atomic E-state index is 3.59. The molecule has 0 amide bonds. The lowest BCUT2D eigenvalue weighted by Gasteiger charge is -2.28. The molecule has 1 aliphatic heterocycles. The third kappa shape index (κ3) is 3.06. The van der Waals surface area contributed by atoms with Crippen LogP contribution in [-0.4, -0.2) is 11.7 Å². The Morgan fingerprint density at radius 1 is 1.06 bits per heavy atom. The van der Waals surface area contributed by atoms with Crippen molar-refractivity contribution in [1.29, 1.82) is 0 Å². The van der Waals surface area contributed by atoms with Gasteiger partial charge in [0.15, 0.2) is 0 Å². The lowest BCUT2D eigenvalue weighted by atomic mass is 9.93. The summed E-state index contributed by atoms with van der Waals surface area (Å²) in [5.41, 5.74) is 8.20. The van der Waals surface area contributed by atoms with Crippen molar-refractivity contribution in [3.05, 3.63) is 35.9 Å². The SMILES string of the molecule is CC1C(NC(C)(C)C)NNC1c1ccccc1. The summed E-state index contributed by atoms with van der Waals surface area (Å²) in [6, 6.07) is 11.0. The summed E-state index contributed by atoms with van der Waals surface area (Å²) in [6.07, 6.45) is 0.306. The molecule has 1 fully saturated rings. The van der Waals surface area contributed by atoms with E-state index in [1.54, 1.807) is 0 Å². The van der Waals surface area contributed by atoms with E-state index in [2.05, 4.69) is 74.2 Å². The van der Waals surface area contributed by atoms with Crippen LogP contribution in [0.3, 0.4) is 0 Å². The molecule has 0 aromatic heterocycles. The highest BCUT2D eigenvalue weighted by molar-refractivity contribution is 5.21. The highest BCUT2D eigenvalue weighted by atomic mass is 15.5. The Morgan fingerprint density at radius 2 is 1.71 bits per heavy atom. The van der Waals surface area contributed by atoms with Gasteiger partial charge in [-0.3, -0.25) is 5.32 Å². The molecule has 2 rings (SSSR count). The van der Waals surface area contributed by atoms with Crippen LogP contribution in [0.5, 0.6) is 0 Å². The van der Waals surface area contributed by atoms with E-state index in [0.717, 1.165) is 0 Å². The molecule has 0 aliphatic carbocycles. The number of rotatable bonds is 2. The van der Waals surface area contributed by atoms with Crippen LogP contribution < -0.4 is 16.2 Å². The molecule has 0 bridgehead atoms. The van der Waals surface area contributed by atoms with Gasteiger partial charge in [0.05, 0.1) is 12.2 Å². The zero-order chi connectivity index (χ0) is 12.5. The molecule has 1 aromatic rings. The molecule has 3 unspecified atom stereocenters. The molecule has 1 aliphatic rings. The minimum Gasteiger partial charge on any atom is -0.296 e. The molecule has 94 valence electrons. The fourth-order valence-corrected chi connectivity index (χ4v) is 2.32. The average Bonchev–Trinajstić information content (AvgIpc) is 2.60. The molecule has 0 radical (unpaired) electrons. The number of nitrogens with one attached hydrogen (secondary N) is 3. The molecule has 1 saturated heterocycles. The van der Waals surface area contributed by atoms with Gasteiger partial charge in [-0.15, -0.1) is 0 Å². The summed E-state index contributed by atoms with van der Waals surface area (Å²) in [7, 11) is 0. The third-order valence-electron chi connectivity index (χ3n) is 3.19. The van der Waals surface area contributed by atoms with Crippen molar-refractivity contribution in [2.24, 2.45) is 5.92 Å². The van der Waals surface area contributed by atoms with Gasteiger partial charge in [0.25, 0.3) is 0 Å². The van der Waals surface area contributed by atoms with Gasteiger partial charge in [0.1, 0.15) is 0 Å². The summed E-state index contributed by atoms with van der Waals surface area (Å²) in [4.78, 5) is 0. The van der Waals surface area contributed by atoms with E-state index in [-0.39, 0.29) is 5.54 Å². The van der Waals surface area contributed by atoms with Crippen LogP contribution in [0.25, 0.3) is 0 Å². The van der Waals surface area contributed by atoms with Gasteiger partial charge in [0, 0.05) is 11.5 Å². The number of hydrogen-bond acceptors (Lipinski definition) is 3. The fourth-order valence-electron chi connectivity index (χ4n) is 2.32. The van der Waals surface area contributed by atoms with Crippen LogP contribution in [0, 0.1) is 5.92 Å². The number of hydrazine groups is 1. The molecule has 17 heavy (non-hydrogen) atoms. The van der Waals surface area contributed by atoms with Crippen LogP contribution in [0.15, 0.2) is 30.3 Å². The summed E-state index contributed by atoms with van der Waals surface area (Å²) < 4.78 is 0. The van der Waals surface area contributed by atoms with Crippen LogP contribution in [0.4, 0.5) is 0 Å². The number of hydrogen-bond donors (Lipinski definition) is 3. The smallest absolute Gasteiger partial charge is 0.0752 e. The minimum absolute atomic E-state index is 0.124. The van der Waals surface area contributed by atoms with E-state index >= 15 is 0 Å². The van der Waals surface area contributed by atoms with E-state index < -0.39 is 0 Å². The topological polar surface area (TPSA) is 36.1 Å². The van der Waals surface area contributed by atoms with Crippen LogP contribution in [0.1, 0.15) is 39.3 Å². The monoisotopic (exact) mass is 233 g/mol. The predicted octanol–water partition coefficient (Wildman–Crippen LogP) is 2.19. The second kappa shape index (κ2) is 4.77. The fraction of sp³-hybridized carbons (Fsp3) is 0.571. The summed E-state index contributed by atoms with van der Waals surface area (Å²) in [5, 5.41) is 3.59. The average molecular weight is 233 g/mol. The molecular formula is C14H23N3. The molecule has 3 heteroatoms. The van der Waals surface area contributed by atoms with Gasteiger partial charge < -0.3 is 0 Å². The third-order valence-corrected chi connectivity index (χ3v) is 3.19. The first kappa shape index (κ1) is 12.6. The molecular weight excluding hydrogens is 210 g/mol. The van der Waals surface area contributed by atoms with Crippen molar-refractivity contribution in [2.45, 2.75) is 45.4 Å². The molecule has 1 heterocycles. The highest BCUT2D eigenvalue weighted by Crippen LogP contribution is 2.27. The highest BCUT2D eigenvalue weighted by Gasteiger charge is 2.34. The Labute approximate surface area is 104 Å². The van der Waals surface area contributed by atoms with Crippen LogP contribution in [-0.2, 0) is 0 Å². The minimum atomic E-state index is 0.124. The Kier molecular flexibility index (Phi) is 3.52. The quantitative estimate of drug-likeness (QED) is 0.733. The van der Waals surface area contributed by atoms with Gasteiger partial charge >= 0.3 is 0 Å². The van der Waals surface area contributed by atoms with Gasteiger partial charge in [-0.1, -0.05) is 37.3 Å². The van der Waals surface area contributed by atoms with E-state index in [1.165, 1.54) is 5.56 Å². The van der Waals surface area contributed by atoms with E-state index in [4.69, 9.17) is 0 Å². The summed E-state index contributed by atoms with van der Waals surface area (Å²) >= 11 is 0. The number of benzene rings is 1. The molecule has 3 N–H and O–H groups in total. The van der Waals surface area contributed by atoms with Crippen molar-refractivity contribution >= 4 is 0 Å². The van der Waals surface area contributed by atoms with Crippen molar-refractivity contribution in [3.8, 4) is 0 Å². The Balaban J connectivity index is 2.05. The van der Waals surface area contributed by atoms with Gasteiger partial charge in [-0.25, -0.2) is 10.9 Å². The second-order valence-corrected chi connectivity index (χ2v) is 5.91. The van der Waals surface area contributed by atoms with Crippen molar-refractivity contribution in [2.75, 3.05) is 0 Å². The Morgan fingerprint density at radius 3 is 2.29 bits per heavy atom. The van der Waals surface area contributed by atoms with Gasteiger partial charge in [-0.2, -0.15) is 0 Å². The summed E-state index contributed by atoms with van der Waals surface area (Å²) in [6.45, 7) is 8.85. The van der Waals surface area contributed by atoms with Crippen molar-refractivity contribution in [3.63, 3.8) is 0 Å². The zero-order valence-electron chi connectivity index (χ0n) is 11.1. The van der Waals surface area contributed by atoms with Gasteiger partial charge in [0.2, 0.25) is 0 Å².